The fourth-order valence-electron chi connectivity index (χ4n) is 2.40. The Morgan fingerprint density at radius 2 is 1.70 bits per heavy atom. The fraction of sp³-hybridized carbons (Fsp3) is 0.714. The summed E-state index contributed by atoms with van der Waals surface area (Å²) in [6, 6.07) is -1.34. The highest BCUT2D eigenvalue weighted by Crippen LogP contribution is 2.26. The number of carbonyl (C=O) groups is 4. The highest BCUT2D eigenvalue weighted by Gasteiger charge is 2.50. The van der Waals surface area contributed by atoms with Crippen molar-refractivity contribution in [3.05, 3.63) is 10.4 Å². The van der Waals surface area contributed by atoms with Gasteiger partial charge in [0.25, 0.3) is 0 Å². The molecule has 1 amide bonds. The van der Waals surface area contributed by atoms with E-state index in [1.54, 1.807) is 0 Å². The first-order chi connectivity index (χ1) is 12.6. The van der Waals surface area contributed by atoms with E-state index >= 15 is 0 Å². The highest BCUT2D eigenvalue weighted by molar-refractivity contribution is 5.78. The van der Waals surface area contributed by atoms with E-state index in [2.05, 4.69) is 15.3 Å². The molecule has 0 aliphatic carbocycles. The summed E-state index contributed by atoms with van der Waals surface area (Å²) in [6.07, 6.45) is -5.51. The van der Waals surface area contributed by atoms with Gasteiger partial charge in [0, 0.05) is 25.7 Å². The molecule has 1 fully saturated rings. The summed E-state index contributed by atoms with van der Waals surface area (Å²) in [7, 11) is 0. The molecular weight excluding hydrogens is 368 g/mol. The number of rotatable bonds is 7. The summed E-state index contributed by atoms with van der Waals surface area (Å²) < 4.78 is 20.3. The van der Waals surface area contributed by atoms with Crippen molar-refractivity contribution in [2.24, 2.45) is 5.11 Å². The minimum Gasteiger partial charge on any atom is -0.463 e. The van der Waals surface area contributed by atoms with Crippen molar-refractivity contribution in [3.8, 4) is 0 Å². The molecule has 0 aromatic heterocycles. The van der Waals surface area contributed by atoms with E-state index in [4.69, 9.17) is 24.5 Å². The van der Waals surface area contributed by atoms with Gasteiger partial charge in [0.15, 0.2) is 18.5 Å². The third-order valence-electron chi connectivity index (χ3n) is 3.33. The van der Waals surface area contributed by atoms with Crippen LogP contribution in [-0.4, -0.2) is 72.7 Å². The molecular formula is C14H20N4O9. The molecule has 0 radical (unpaired) electrons. The maximum absolute atomic E-state index is 11.8. The molecule has 5 atom stereocenters. The number of nitrogens with zero attached hydrogens (tertiary/aromatic N) is 3. The van der Waals surface area contributed by atoms with Gasteiger partial charge in [0.1, 0.15) is 25.3 Å². The zero-order chi connectivity index (χ0) is 20.6. The molecule has 0 aromatic carbocycles. The number of carbonyl (C=O) groups excluding carboxylic acids is 4. The van der Waals surface area contributed by atoms with Crippen LogP contribution in [0.1, 0.15) is 20.8 Å². The second kappa shape index (κ2) is 10.3. The number of nitrogens with one attached hydrogen (secondary N) is 1. The second-order valence-electron chi connectivity index (χ2n) is 5.50. The lowest BCUT2D eigenvalue weighted by atomic mass is 9.96. The van der Waals surface area contributed by atoms with Gasteiger partial charge in [-0.1, -0.05) is 5.11 Å². The quantitative estimate of drug-likeness (QED) is 0.180. The van der Waals surface area contributed by atoms with E-state index in [0.717, 1.165) is 20.8 Å². The van der Waals surface area contributed by atoms with Crippen molar-refractivity contribution in [1.29, 1.82) is 0 Å². The summed E-state index contributed by atoms with van der Waals surface area (Å²) in [6.45, 7) is 2.33. The SMILES string of the molecule is CC(=O)OCC1O[C@@H](O)[C@@H](NC(=O)CN=[N+]=[N-])C(OC(C)=O)[C@H]1OC(C)=O. The lowest BCUT2D eigenvalue weighted by Crippen LogP contribution is -2.66. The van der Waals surface area contributed by atoms with Gasteiger partial charge in [-0.2, -0.15) is 0 Å². The minimum atomic E-state index is -1.70. The predicted molar refractivity (Wildman–Crippen MR) is 84.6 cm³/mol. The summed E-state index contributed by atoms with van der Waals surface area (Å²) in [5, 5.41) is 15.6. The maximum atomic E-state index is 11.8. The Labute approximate surface area is 153 Å². The van der Waals surface area contributed by atoms with Crippen LogP contribution >= 0.6 is 0 Å². The second-order valence-corrected chi connectivity index (χ2v) is 5.50. The van der Waals surface area contributed by atoms with Crippen LogP contribution in [0.5, 0.6) is 0 Å². The molecule has 150 valence electrons. The van der Waals surface area contributed by atoms with Crippen LogP contribution in [0.3, 0.4) is 0 Å². The summed E-state index contributed by atoms with van der Waals surface area (Å²) in [4.78, 5) is 48.2. The molecule has 0 bridgehead atoms. The van der Waals surface area contributed by atoms with Crippen LogP contribution in [-0.2, 0) is 38.1 Å². The smallest absolute Gasteiger partial charge is 0.303 e. The standard InChI is InChI=1S/C14H20N4O9/c1-6(19)24-5-9-12(25-7(2)20)13(26-8(3)21)11(14(23)27-9)17-10(22)4-16-18-15/h9,11-14,23H,4-5H2,1-3H3,(H,17,22)/t9?,11-,12-,13?,14+/m0/s1. The molecule has 13 heteroatoms. The maximum Gasteiger partial charge on any atom is 0.303 e. The molecule has 1 heterocycles. The summed E-state index contributed by atoms with van der Waals surface area (Å²) >= 11 is 0. The van der Waals surface area contributed by atoms with Crippen LogP contribution in [0, 0.1) is 0 Å². The Bertz CT molecular complexity index is 634. The largest absolute Gasteiger partial charge is 0.463 e. The molecule has 1 saturated heterocycles. The Morgan fingerprint density at radius 1 is 1.11 bits per heavy atom. The molecule has 2 N–H and O–H groups in total. The van der Waals surface area contributed by atoms with Crippen molar-refractivity contribution in [2.45, 2.75) is 51.4 Å². The van der Waals surface area contributed by atoms with Gasteiger partial charge in [0.05, 0.1) is 0 Å². The van der Waals surface area contributed by atoms with Gasteiger partial charge >= 0.3 is 17.9 Å². The Balaban J connectivity index is 3.12. The van der Waals surface area contributed by atoms with Gasteiger partial charge in [-0.3, -0.25) is 19.2 Å². The van der Waals surface area contributed by atoms with Crippen LogP contribution < -0.4 is 5.32 Å². The molecule has 27 heavy (non-hydrogen) atoms. The van der Waals surface area contributed by atoms with Crippen molar-refractivity contribution >= 4 is 23.8 Å². The van der Waals surface area contributed by atoms with Crippen molar-refractivity contribution in [3.63, 3.8) is 0 Å². The summed E-state index contributed by atoms with van der Waals surface area (Å²) in [5.41, 5.74) is 8.26. The van der Waals surface area contributed by atoms with E-state index in [1.807, 2.05) is 0 Å². The first-order valence-corrected chi connectivity index (χ1v) is 7.77. The molecule has 1 rings (SSSR count). The van der Waals surface area contributed by atoms with Crippen molar-refractivity contribution < 1.29 is 43.2 Å². The van der Waals surface area contributed by atoms with E-state index in [1.165, 1.54) is 0 Å². The van der Waals surface area contributed by atoms with Crippen LogP contribution in [0.25, 0.3) is 10.4 Å². The van der Waals surface area contributed by atoms with Gasteiger partial charge in [0.2, 0.25) is 5.91 Å². The molecule has 0 spiro atoms. The number of aliphatic hydroxyl groups excluding tert-OH is 1. The number of esters is 3. The number of ether oxygens (including phenoxy) is 4. The van der Waals surface area contributed by atoms with E-state index in [9.17, 15) is 24.3 Å². The third kappa shape index (κ3) is 7.09. The molecule has 2 unspecified atom stereocenters. The first-order valence-electron chi connectivity index (χ1n) is 7.77. The van der Waals surface area contributed by atoms with Gasteiger partial charge < -0.3 is 29.4 Å². The summed E-state index contributed by atoms with van der Waals surface area (Å²) in [5.74, 6) is -2.99. The normalized spacial score (nSPS) is 26.9. The minimum absolute atomic E-state index is 0.401. The number of hydrogen-bond donors (Lipinski definition) is 2. The molecule has 1 aliphatic rings. The van der Waals surface area contributed by atoms with Crippen LogP contribution in [0.2, 0.25) is 0 Å². The topological polar surface area (TPSA) is 186 Å². The Morgan fingerprint density at radius 3 is 2.22 bits per heavy atom. The van der Waals surface area contributed by atoms with Crippen molar-refractivity contribution in [2.75, 3.05) is 13.2 Å². The molecule has 0 aromatic rings. The number of aliphatic hydroxyl groups is 1. The van der Waals surface area contributed by atoms with Gasteiger partial charge in [-0.25, -0.2) is 0 Å². The van der Waals surface area contributed by atoms with Crippen molar-refractivity contribution in [1.82, 2.24) is 5.32 Å². The molecule has 13 nitrogen and oxygen atoms in total. The number of amides is 1. The fourth-order valence-corrected chi connectivity index (χ4v) is 2.40. The zero-order valence-corrected chi connectivity index (χ0v) is 14.9. The van der Waals surface area contributed by atoms with Gasteiger partial charge in [-0.05, 0) is 5.53 Å². The third-order valence-corrected chi connectivity index (χ3v) is 3.33. The average molecular weight is 388 g/mol. The molecule has 1 aliphatic heterocycles. The highest BCUT2D eigenvalue weighted by atomic mass is 16.7. The van der Waals surface area contributed by atoms with E-state index in [0.29, 0.717) is 0 Å². The predicted octanol–water partition coefficient (Wildman–Crippen LogP) is -1.07. The lowest BCUT2D eigenvalue weighted by Gasteiger charge is -2.43. The lowest BCUT2D eigenvalue weighted by molar-refractivity contribution is -0.264. The van der Waals surface area contributed by atoms with Crippen LogP contribution in [0.4, 0.5) is 0 Å². The Hall–Kier alpha value is -2.89. The zero-order valence-electron chi connectivity index (χ0n) is 14.9. The van der Waals surface area contributed by atoms with E-state index in [-0.39, 0.29) is 0 Å². The Kier molecular flexibility index (Phi) is 8.45. The number of hydrogen-bond acceptors (Lipinski definition) is 10. The van der Waals surface area contributed by atoms with Crippen LogP contribution in [0.15, 0.2) is 5.11 Å². The average Bonchev–Trinajstić information content (AvgIpc) is 2.56. The van der Waals surface area contributed by atoms with E-state index < -0.39 is 67.6 Å². The number of azide groups is 1. The van der Waals surface area contributed by atoms with Gasteiger partial charge in [-0.15, -0.1) is 0 Å². The molecule has 0 saturated carbocycles. The monoisotopic (exact) mass is 388 g/mol. The first kappa shape index (κ1) is 22.2.